The van der Waals surface area contributed by atoms with Gasteiger partial charge >= 0.3 is 13.1 Å². The van der Waals surface area contributed by atoms with E-state index in [4.69, 9.17) is 14.3 Å². The molecule has 0 heterocycles. The molecular formula is C26H43BO5. The number of ketones is 1. The number of fused-ring (bicyclic) bond motifs is 5. The van der Waals surface area contributed by atoms with Gasteiger partial charge < -0.3 is 9.54 Å². The van der Waals surface area contributed by atoms with Gasteiger partial charge in [-0.3, -0.25) is 4.79 Å². The Bertz CT molecular complexity index is 710. The molecule has 7 unspecified atom stereocenters. The summed E-state index contributed by atoms with van der Waals surface area (Å²) < 4.78 is 5.52. The average molecular weight is 446 g/mol. The Kier molecular flexibility index (Phi) is 7.13. The third-order valence-electron chi connectivity index (χ3n) is 9.94. The van der Waals surface area contributed by atoms with E-state index in [1.165, 1.54) is 25.7 Å². The van der Waals surface area contributed by atoms with E-state index in [9.17, 15) is 9.59 Å². The molecule has 0 aromatic carbocycles. The highest BCUT2D eigenvalue weighted by atomic mass is 17.2. The summed E-state index contributed by atoms with van der Waals surface area (Å²) >= 11 is 0. The normalized spacial score (nSPS) is 41.1. The zero-order valence-electron chi connectivity index (χ0n) is 20.9. The molecule has 0 amide bonds. The van der Waals surface area contributed by atoms with Gasteiger partial charge in [0.25, 0.3) is 0 Å². The van der Waals surface area contributed by atoms with E-state index in [0.717, 1.165) is 32.1 Å². The van der Waals surface area contributed by atoms with Crippen LogP contribution < -0.4 is 0 Å². The van der Waals surface area contributed by atoms with Crippen molar-refractivity contribution in [1.29, 1.82) is 0 Å². The lowest BCUT2D eigenvalue weighted by atomic mass is 9.44. The lowest BCUT2D eigenvalue weighted by molar-refractivity contribution is -0.226. The van der Waals surface area contributed by atoms with E-state index in [1.807, 2.05) is 0 Å². The van der Waals surface area contributed by atoms with E-state index < -0.39 is 7.12 Å². The van der Waals surface area contributed by atoms with Crippen molar-refractivity contribution in [2.24, 2.45) is 46.3 Å². The van der Waals surface area contributed by atoms with E-state index >= 15 is 0 Å². The van der Waals surface area contributed by atoms with Gasteiger partial charge in [-0.15, -0.1) is 0 Å². The maximum absolute atomic E-state index is 13.4. The van der Waals surface area contributed by atoms with Crippen molar-refractivity contribution < 1.29 is 23.9 Å². The molecule has 0 aromatic rings. The van der Waals surface area contributed by atoms with Crippen molar-refractivity contribution in [2.45, 2.75) is 98.7 Å². The largest absolute Gasteiger partial charge is 0.503 e. The first-order chi connectivity index (χ1) is 15.1. The number of carbonyl (C=O) groups excluding carboxylic acids is 2. The summed E-state index contributed by atoms with van der Waals surface area (Å²) in [4.78, 5) is 36.3. The fourth-order valence-corrected chi connectivity index (χ4v) is 8.12. The Morgan fingerprint density at radius 2 is 1.81 bits per heavy atom. The molecule has 0 aliphatic heterocycles. The highest BCUT2D eigenvalue weighted by Gasteiger charge is 2.62. The van der Waals surface area contributed by atoms with Crippen LogP contribution >= 0.6 is 0 Å². The molecule has 5 nitrogen and oxygen atoms in total. The minimum Gasteiger partial charge on any atom is -0.409 e. The highest BCUT2D eigenvalue weighted by molar-refractivity contribution is 6.42. The summed E-state index contributed by atoms with van der Waals surface area (Å²) in [6, 6.07) is 0. The molecule has 0 bridgehead atoms. The molecule has 4 saturated carbocycles. The lowest BCUT2D eigenvalue weighted by Crippen LogP contribution is -2.56. The molecule has 0 radical (unpaired) electrons. The summed E-state index contributed by atoms with van der Waals surface area (Å²) in [5.41, 5.74) is 0.391. The number of rotatable bonds is 7. The Labute approximate surface area is 194 Å². The number of Topliss-reactive ketones (excluding diaryl/α,β-unsaturated/α-hetero) is 1. The van der Waals surface area contributed by atoms with E-state index in [-0.39, 0.29) is 23.2 Å². The quantitative estimate of drug-likeness (QED) is 0.278. The smallest absolute Gasteiger partial charge is 0.409 e. The van der Waals surface area contributed by atoms with Gasteiger partial charge in [0, 0.05) is 18.9 Å². The first-order valence-corrected chi connectivity index (χ1v) is 13.2. The first kappa shape index (κ1) is 24.3. The van der Waals surface area contributed by atoms with Crippen LogP contribution in [0.2, 0.25) is 6.82 Å². The predicted octanol–water partition coefficient (Wildman–Crippen LogP) is 5.87. The molecule has 4 fully saturated rings. The molecule has 0 aromatic heterocycles. The molecule has 6 heteroatoms. The summed E-state index contributed by atoms with van der Waals surface area (Å²) in [6.45, 7) is 11.3. The predicted molar refractivity (Wildman–Crippen MR) is 124 cm³/mol. The second kappa shape index (κ2) is 9.41. The second-order valence-electron chi connectivity index (χ2n) is 12.2. The van der Waals surface area contributed by atoms with E-state index in [2.05, 4.69) is 27.7 Å². The van der Waals surface area contributed by atoms with Crippen LogP contribution in [0.5, 0.6) is 0 Å². The summed E-state index contributed by atoms with van der Waals surface area (Å²) in [7, 11) is -0.562. The molecule has 4 aliphatic carbocycles. The molecule has 32 heavy (non-hydrogen) atoms. The molecule has 0 spiro atoms. The van der Waals surface area contributed by atoms with Crippen molar-refractivity contribution in [3.05, 3.63) is 0 Å². The Morgan fingerprint density at radius 3 is 2.56 bits per heavy atom. The molecule has 4 aliphatic rings. The van der Waals surface area contributed by atoms with Gasteiger partial charge in [-0.25, -0.2) is 9.60 Å². The lowest BCUT2D eigenvalue weighted by Gasteiger charge is -2.59. The molecule has 4 rings (SSSR count). The minimum atomic E-state index is -0.562. The Morgan fingerprint density at radius 1 is 1.06 bits per heavy atom. The van der Waals surface area contributed by atoms with Gasteiger partial charge in [-0.1, -0.05) is 40.5 Å². The van der Waals surface area contributed by atoms with Crippen LogP contribution in [0.15, 0.2) is 0 Å². The van der Waals surface area contributed by atoms with E-state index in [0.29, 0.717) is 47.9 Å². The van der Waals surface area contributed by atoms with Crippen LogP contribution in [0.4, 0.5) is 0 Å². The van der Waals surface area contributed by atoms with Crippen molar-refractivity contribution in [3.8, 4) is 0 Å². The Hall–Kier alpha value is -0.875. The van der Waals surface area contributed by atoms with Crippen LogP contribution in [0, 0.1) is 46.3 Å². The molecule has 0 N–H and O–H groups in total. The van der Waals surface area contributed by atoms with Gasteiger partial charge in [0.2, 0.25) is 0 Å². The molecular weight excluding hydrogens is 403 g/mol. The maximum atomic E-state index is 13.4. The molecule has 7 atom stereocenters. The fourth-order valence-electron chi connectivity index (χ4n) is 8.12. The first-order valence-electron chi connectivity index (χ1n) is 13.2. The second-order valence-corrected chi connectivity index (χ2v) is 12.2. The van der Waals surface area contributed by atoms with Gasteiger partial charge in [0.05, 0.1) is 6.42 Å². The van der Waals surface area contributed by atoms with Gasteiger partial charge in [0.1, 0.15) is 5.78 Å². The van der Waals surface area contributed by atoms with Gasteiger partial charge in [0.15, 0.2) is 0 Å². The highest BCUT2D eigenvalue weighted by Crippen LogP contribution is 2.67. The third kappa shape index (κ3) is 4.43. The van der Waals surface area contributed by atoms with Crippen LogP contribution in [-0.4, -0.2) is 25.5 Å². The topological polar surface area (TPSA) is 61.8 Å². The summed E-state index contributed by atoms with van der Waals surface area (Å²) in [5.74, 6) is 2.64. The van der Waals surface area contributed by atoms with E-state index in [1.54, 1.807) is 6.82 Å². The van der Waals surface area contributed by atoms with Crippen LogP contribution in [0.1, 0.15) is 91.9 Å². The minimum absolute atomic E-state index is 0.0491. The SMILES string of the molecule is CB(OCC(C)C)OOC(=O)CC1CCC2C3C(=O)CC4CCCCC4(C)C3CCC12C. The number of hydrogen-bond donors (Lipinski definition) is 0. The average Bonchev–Trinajstić information content (AvgIpc) is 3.07. The fraction of sp³-hybridized carbons (Fsp3) is 0.923. The van der Waals surface area contributed by atoms with Crippen molar-refractivity contribution in [1.82, 2.24) is 0 Å². The Balaban J connectivity index is 1.38. The number of carbonyl (C=O) groups is 2. The van der Waals surface area contributed by atoms with Crippen molar-refractivity contribution in [2.75, 3.05) is 6.61 Å². The van der Waals surface area contributed by atoms with Crippen LogP contribution in [-0.2, 0) is 23.9 Å². The molecule has 180 valence electrons. The standard InChI is InChI=1S/C26H43BO5/c1-17(2)16-30-27(5)32-31-23(29)15-19-9-10-20-24-21(11-13-26(19,20)4)25(3)12-7-6-8-18(25)14-22(24)28/h17-21,24H,6-16H2,1-5H3. The van der Waals surface area contributed by atoms with Crippen LogP contribution in [0.3, 0.4) is 0 Å². The zero-order chi connectivity index (χ0) is 23.1. The van der Waals surface area contributed by atoms with Crippen molar-refractivity contribution >= 4 is 18.9 Å². The summed E-state index contributed by atoms with van der Waals surface area (Å²) in [5, 5.41) is 0. The zero-order valence-corrected chi connectivity index (χ0v) is 20.9. The third-order valence-corrected chi connectivity index (χ3v) is 9.94. The number of hydrogen-bond acceptors (Lipinski definition) is 5. The maximum Gasteiger partial charge on any atom is 0.503 e. The van der Waals surface area contributed by atoms with Gasteiger partial charge in [-0.05, 0) is 85.8 Å². The van der Waals surface area contributed by atoms with Gasteiger partial charge in [-0.2, -0.15) is 0 Å². The molecule has 0 saturated heterocycles. The summed E-state index contributed by atoms with van der Waals surface area (Å²) in [6.07, 6.45) is 10.6. The monoisotopic (exact) mass is 446 g/mol. The van der Waals surface area contributed by atoms with Crippen molar-refractivity contribution in [3.63, 3.8) is 0 Å². The van der Waals surface area contributed by atoms with Crippen LogP contribution in [0.25, 0.3) is 0 Å².